The molecule has 0 bridgehead atoms. The van der Waals surface area contributed by atoms with Gasteiger partial charge in [0.1, 0.15) is 5.69 Å². The van der Waals surface area contributed by atoms with Crippen LogP contribution in [0.5, 0.6) is 0 Å². The molecule has 6 nitrogen and oxygen atoms in total. The summed E-state index contributed by atoms with van der Waals surface area (Å²) in [6, 6.07) is 6.58. The lowest BCUT2D eigenvalue weighted by Gasteiger charge is -2.18. The Morgan fingerprint density at radius 2 is 1.77 bits per heavy atom. The third kappa shape index (κ3) is 3.49. The molecule has 0 saturated heterocycles. The molecule has 0 aliphatic heterocycles. The van der Waals surface area contributed by atoms with Gasteiger partial charge in [0.15, 0.2) is 5.65 Å². The van der Waals surface area contributed by atoms with E-state index in [9.17, 15) is 18.0 Å². The number of benzene rings is 1. The molecule has 0 unspecified atom stereocenters. The molecular formula is C21H16F3N5O. The van der Waals surface area contributed by atoms with Crippen LogP contribution < -0.4 is 4.90 Å². The highest BCUT2D eigenvalue weighted by molar-refractivity contribution is 6.04. The molecule has 0 aliphatic rings. The van der Waals surface area contributed by atoms with Crippen molar-refractivity contribution in [2.45, 2.75) is 13.1 Å². The van der Waals surface area contributed by atoms with Crippen LogP contribution in [-0.2, 0) is 6.18 Å². The highest BCUT2D eigenvalue weighted by Crippen LogP contribution is 2.31. The normalized spacial score (nSPS) is 11.6. The zero-order chi connectivity index (χ0) is 21.5. The number of hydrogen-bond acceptors (Lipinski definition) is 4. The quantitative estimate of drug-likeness (QED) is 0.502. The van der Waals surface area contributed by atoms with E-state index in [1.54, 1.807) is 29.9 Å². The molecule has 4 rings (SSSR count). The van der Waals surface area contributed by atoms with E-state index >= 15 is 0 Å². The fourth-order valence-corrected chi connectivity index (χ4v) is 3.13. The predicted molar refractivity (Wildman–Crippen MR) is 105 cm³/mol. The standard InChI is InChI=1S/C21H16F3N5O/c1-13-7-8-25-9-17(13)28(2)20(30)16-12-29-18(10-27-19(29)11-26-16)14-3-5-15(6-4-14)21(22,23)24/h3-12H,1-2H3. The van der Waals surface area contributed by atoms with Gasteiger partial charge in [-0.1, -0.05) is 12.1 Å². The summed E-state index contributed by atoms with van der Waals surface area (Å²) >= 11 is 0. The number of amides is 1. The van der Waals surface area contributed by atoms with Crippen LogP contribution in [0.4, 0.5) is 18.9 Å². The van der Waals surface area contributed by atoms with Gasteiger partial charge in [-0.25, -0.2) is 9.97 Å². The van der Waals surface area contributed by atoms with Gasteiger partial charge in [-0.2, -0.15) is 13.2 Å². The van der Waals surface area contributed by atoms with Crippen LogP contribution in [-0.4, -0.2) is 32.3 Å². The summed E-state index contributed by atoms with van der Waals surface area (Å²) in [7, 11) is 1.63. The number of anilines is 1. The lowest BCUT2D eigenvalue weighted by atomic mass is 10.1. The van der Waals surface area contributed by atoms with Gasteiger partial charge in [-0.3, -0.25) is 14.2 Å². The molecule has 3 aromatic heterocycles. The number of carbonyl (C=O) groups excluding carboxylic acids is 1. The number of rotatable bonds is 3. The van der Waals surface area contributed by atoms with E-state index in [-0.39, 0.29) is 11.6 Å². The molecule has 0 aliphatic carbocycles. The van der Waals surface area contributed by atoms with Gasteiger partial charge in [-0.15, -0.1) is 0 Å². The summed E-state index contributed by atoms with van der Waals surface area (Å²) in [6.07, 6.45) is 3.34. The zero-order valence-electron chi connectivity index (χ0n) is 16.1. The van der Waals surface area contributed by atoms with Crippen molar-refractivity contribution in [1.29, 1.82) is 0 Å². The molecule has 30 heavy (non-hydrogen) atoms. The Labute approximate surface area is 169 Å². The first-order chi connectivity index (χ1) is 14.3. The lowest BCUT2D eigenvalue weighted by molar-refractivity contribution is -0.137. The van der Waals surface area contributed by atoms with Gasteiger partial charge in [0, 0.05) is 25.0 Å². The molecule has 0 fully saturated rings. The third-order valence-corrected chi connectivity index (χ3v) is 4.80. The third-order valence-electron chi connectivity index (χ3n) is 4.80. The van der Waals surface area contributed by atoms with E-state index in [2.05, 4.69) is 15.0 Å². The molecule has 0 spiro atoms. The van der Waals surface area contributed by atoms with Crippen LogP contribution in [0.15, 0.2) is 61.3 Å². The van der Waals surface area contributed by atoms with Crippen LogP contribution in [0.25, 0.3) is 16.9 Å². The molecule has 1 amide bonds. The number of aryl methyl sites for hydroxylation is 1. The minimum absolute atomic E-state index is 0.166. The van der Waals surface area contributed by atoms with Gasteiger partial charge < -0.3 is 4.90 Å². The molecule has 0 radical (unpaired) electrons. The first-order valence-electron chi connectivity index (χ1n) is 8.95. The van der Waals surface area contributed by atoms with Gasteiger partial charge in [0.2, 0.25) is 0 Å². The lowest BCUT2D eigenvalue weighted by Crippen LogP contribution is -2.28. The monoisotopic (exact) mass is 411 g/mol. The van der Waals surface area contributed by atoms with Gasteiger partial charge in [0.05, 0.1) is 35.5 Å². The summed E-state index contributed by atoms with van der Waals surface area (Å²) in [5.74, 6) is -0.347. The SMILES string of the molecule is Cc1ccncc1N(C)C(=O)c1cn2c(-c3ccc(C(F)(F)F)cc3)cnc2cn1. The average molecular weight is 411 g/mol. The summed E-state index contributed by atoms with van der Waals surface area (Å²) in [5.41, 5.74) is 2.53. The fraction of sp³-hybridized carbons (Fsp3) is 0.143. The number of halogens is 3. The maximum atomic E-state index is 12.9. The first kappa shape index (κ1) is 19.6. The molecule has 4 aromatic rings. The van der Waals surface area contributed by atoms with Crippen molar-refractivity contribution >= 4 is 17.2 Å². The maximum Gasteiger partial charge on any atom is 0.416 e. The van der Waals surface area contributed by atoms with Crippen LogP contribution in [0.2, 0.25) is 0 Å². The summed E-state index contributed by atoms with van der Waals surface area (Å²) in [6.45, 7) is 1.87. The Balaban J connectivity index is 1.71. The second-order valence-corrected chi connectivity index (χ2v) is 6.75. The zero-order valence-corrected chi connectivity index (χ0v) is 16.1. The number of carbonyl (C=O) groups is 1. The molecule has 1 aromatic carbocycles. The largest absolute Gasteiger partial charge is 0.416 e. The van der Waals surface area contributed by atoms with Crippen molar-refractivity contribution in [3.8, 4) is 11.3 Å². The Bertz CT molecular complexity index is 1230. The van der Waals surface area contributed by atoms with Crippen molar-refractivity contribution in [3.05, 3.63) is 78.1 Å². The maximum absolute atomic E-state index is 12.9. The van der Waals surface area contributed by atoms with Crippen LogP contribution in [0.1, 0.15) is 21.6 Å². The second kappa shape index (κ2) is 7.25. The van der Waals surface area contributed by atoms with E-state index in [1.807, 2.05) is 6.92 Å². The molecular weight excluding hydrogens is 395 g/mol. The van der Waals surface area contributed by atoms with Crippen molar-refractivity contribution < 1.29 is 18.0 Å². The predicted octanol–water partition coefficient (Wildman–Crippen LogP) is 4.40. The molecule has 9 heteroatoms. The van der Waals surface area contributed by atoms with Crippen LogP contribution in [0, 0.1) is 6.92 Å². The van der Waals surface area contributed by atoms with E-state index in [0.29, 0.717) is 22.6 Å². The first-order valence-corrected chi connectivity index (χ1v) is 8.95. The van der Waals surface area contributed by atoms with Crippen LogP contribution >= 0.6 is 0 Å². The molecule has 0 saturated carbocycles. The Hall–Kier alpha value is -3.75. The van der Waals surface area contributed by atoms with Crippen molar-refractivity contribution in [2.24, 2.45) is 0 Å². The molecule has 152 valence electrons. The number of fused-ring (bicyclic) bond motifs is 1. The Morgan fingerprint density at radius 3 is 2.43 bits per heavy atom. The van der Waals surface area contributed by atoms with Gasteiger partial charge in [0.25, 0.3) is 5.91 Å². The smallest absolute Gasteiger partial charge is 0.308 e. The number of aromatic nitrogens is 4. The summed E-state index contributed by atoms with van der Waals surface area (Å²) < 4.78 is 40.1. The highest BCUT2D eigenvalue weighted by Gasteiger charge is 2.30. The second-order valence-electron chi connectivity index (χ2n) is 6.75. The van der Waals surface area contributed by atoms with Gasteiger partial charge in [-0.05, 0) is 30.7 Å². The number of alkyl halides is 3. The van der Waals surface area contributed by atoms with Crippen LogP contribution in [0.3, 0.4) is 0 Å². The van der Waals surface area contributed by atoms with Crippen molar-refractivity contribution in [2.75, 3.05) is 11.9 Å². The highest BCUT2D eigenvalue weighted by atomic mass is 19.4. The van der Waals surface area contributed by atoms with Gasteiger partial charge >= 0.3 is 6.18 Å². The number of pyridine rings is 1. The van der Waals surface area contributed by atoms with E-state index in [1.165, 1.54) is 35.6 Å². The van der Waals surface area contributed by atoms with E-state index < -0.39 is 11.7 Å². The van der Waals surface area contributed by atoms with E-state index in [4.69, 9.17) is 0 Å². The minimum atomic E-state index is -4.41. The van der Waals surface area contributed by atoms with E-state index in [0.717, 1.165) is 17.7 Å². The van der Waals surface area contributed by atoms with Crippen molar-refractivity contribution in [1.82, 2.24) is 19.4 Å². The number of hydrogen-bond donors (Lipinski definition) is 0. The topological polar surface area (TPSA) is 63.4 Å². The fourth-order valence-electron chi connectivity index (χ4n) is 3.13. The minimum Gasteiger partial charge on any atom is -0.308 e. The summed E-state index contributed by atoms with van der Waals surface area (Å²) in [5, 5.41) is 0. The molecule has 0 N–H and O–H groups in total. The average Bonchev–Trinajstić information content (AvgIpc) is 3.16. The Morgan fingerprint density at radius 1 is 1.03 bits per heavy atom. The molecule has 0 atom stereocenters. The number of imidazole rings is 1. The van der Waals surface area contributed by atoms with Crippen molar-refractivity contribution in [3.63, 3.8) is 0 Å². The molecule has 3 heterocycles. The number of nitrogens with zero attached hydrogens (tertiary/aromatic N) is 5. The summed E-state index contributed by atoms with van der Waals surface area (Å²) in [4.78, 5) is 26.9. The Kier molecular flexibility index (Phi) is 4.73.